The van der Waals surface area contributed by atoms with Gasteiger partial charge in [-0.2, -0.15) is 28.2 Å². The van der Waals surface area contributed by atoms with Gasteiger partial charge in [-0.15, -0.1) is 10.2 Å². The Morgan fingerprint density at radius 2 is 1.81 bits per heavy atom. The van der Waals surface area contributed by atoms with Crippen LogP contribution in [0.15, 0.2) is 48.8 Å². The molecule has 1 aliphatic carbocycles. The van der Waals surface area contributed by atoms with Crippen LogP contribution in [0, 0.1) is 5.92 Å². The number of rotatable bonds is 4. The Labute approximate surface area is 174 Å². The molecule has 0 N–H and O–H groups in total. The van der Waals surface area contributed by atoms with E-state index < -0.39 is 11.9 Å². The summed E-state index contributed by atoms with van der Waals surface area (Å²) in [5.41, 5.74) is -0.0286. The number of fused-ring (bicyclic) bond motifs is 2. The minimum Gasteiger partial charge on any atom is -0.471 e. The maximum Gasteiger partial charge on any atom is 0.435 e. The molecule has 0 spiro atoms. The van der Waals surface area contributed by atoms with Crippen LogP contribution in [0.5, 0.6) is 5.88 Å². The number of alkyl halides is 3. The third-order valence-electron chi connectivity index (χ3n) is 5.66. The first-order valence-electron chi connectivity index (χ1n) is 9.74. The fourth-order valence-corrected chi connectivity index (χ4v) is 4.34. The SMILES string of the molecule is O=C(c1ccccc1-n1nccn1)N1C[C@H]2C[C@@H](Oc3ccc(C(F)(F)F)nn3)[C@@H]1C2. The molecule has 1 amide bonds. The number of aromatic nitrogens is 5. The Bertz CT molecular complexity index is 1090. The molecule has 0 radical (unpaired) electrons. The average molecular weight is 430 g/mol. The normalized spacial score (nSPS) is 22.7. The highest BCUT2D eigenvalue weighted by Crippen LogP contribution is 2.40. The molecule has 2 fully saturated rings. The Balaban J connectivity index is 1.35. The molecule has 8 nitrogen and oxygen atoms in total. The highest BCUT2D eigenvalue weighted by Gasteiger charge is 2.49. The van der Waals surface area contributed by atoms with Crippen molar-refractivity contribution in [1.29, 1.82) is 0 Å². The fourth-order valence-electron chi connectivity index (χ4n) is 4.34. The largest absolute Gasteiger partial charge is 0.471 e. The molecule has 160 valence electrons. The Hall–Kier alpha value is -3.50. The van der Waals surface area contributed by atoms with Crippen LogP contribution < -0.4 is 4.74 Å². The van der Waals surface area contributed by atoms with E-state index in [9.17, 15) is 18.0 Å². The summed E-state index contributed by atoms with van der Waals surface area (Å²) in [6.07, 6.45) is -0.365. The second kappa shape index (κ2) is 7.33. The van der Waals surface area contributed by atoms with Crippen molar-refractivity contribution in [3.63, 3.8) is 0 Å². The minimum absolute atomic E-state index is 0.0130. The number of ether oxygens (including phenoxy) is 1. The van der Waals surface area contributed by atoms with Gasteiger partial charge >= 0.3 is 6.18 Å². The summed E-state index contributed by atoms with van der Waals surface area (Å²) in [7, 11) is 0. The lowest BCUT2D eigenvalue weighted by Gasteiger charge is -2.33. The van der Waals surface area contributed by atoms with Crippen molar-refractivity contribution in [2.24, 2.45) is 5.92 Å². The smallest absolute Gasteiger partial charge is 0.435 e. The molecule has 2 aromatic heterocycles. The minimum atomic E-state index is -4.56. The second-order valence-corrected chi connectivity index (χ2v) is 7.61. The highest BCUT2D eigenvalue weighted by atomic mass is 19.4. The summed E-state index contributed by atoms with van der Waals surface area (Å²) in [6.45, 7) is 0.600. The van der Waals surface area contributed by atoms with Crippen LogP contribution >= 0.6 is 0 Å². The van der Waals surface area contributed by atoms with Gasteiger partial charge in [0.2, 0.25) is 5.88 Å². The van der Waals surface area contributed by atoms with Gasteiger partial charge in [0, 0.05) is 12.6 Å². The van der Waals surface area contributed by atoms with Gasteiger partial charge in [0.25, 0.3) is 5.91 Å². The molecule has 3 aromatic rings. The lowest BCUT2D eigenvalue weighted by Crippen LogP contribution is -2.47. The van der Waals surface area contributed by atoms with Gasteiger partial charge in [0.15, 0.2) is 5.69 Å². The van der Waals surface area contributed by atoms with Crippen LogP contribution in [0.2, 0.25) is 0 Å². The van der Waals surface area contributed by atoms with Crippen molar-refractivity contribution in [2.45, 2.75) is 31.2 Å². The van der Waals surface area contributed by atoms with Crippen LogP contribution in [0.25, 0.3) is 5.69 Å². The number of hydrogen-bond acceptors (Lipinski definition) is 6. The van der Waals surface area contributed by atoms with E-state index in [1.54, 1.807) is 29.2 Å². The number of piperidine rings is 1. The Morgan fingerprint density at radius 3 is 2.48 bits per heavy atom. The third kappa shape index (κ3) is 3.60. The zero-order valence-electron chi connectivity index (χ0n) is 16.1. The molecule has 1 aliphatic heterocycles. The number of hydrogen-bond donors (Lipinski definition) is 0. The quantitative estimate of drug-likeness (QED) is 0.633. The Kier molecular flexibility index (Phi) is 4.60. The Morgan fingerprint density at radius 1 is 1.03 bits per heavy atom. The number of likely N-dealkylation sites (tertiary alicyclic amines) is 1. The van der Waals surface area contributed by atoms with Crippen LogP contribution in [0.4, 0.5) is 13.2 Å². The van der Waals surface area contributed by atoms with E-state index >= 15 is 0 Å². The monoisotopic (exact) mass is 430 g/mol. The molecular formula is C20H17F3N6O2. The van der Waals surface area contributed by atoms with E-state index in [0.717, 1.165) is 18.6 Å². The van der Waals surface area contributed by atoms with Crippen molar-refractivity contribution in [3.8, 4) is 11.6 Å². The molecule has 3 atom stereocenters. The molecule has 0 unspecified atom stereocenters. The summed E-state index contributed by atoms with van der Waals surface area (Å²) in [5.74, 6) is 0.114. The van der Waals surface area contributed by atoms with E-state index in [1.165, 1.54) is 17.2 Å². The van der Waals surface area contributed by atoms with Crippen LogP contribution in [-0.2, 0) is 6.18 Å². The van der Waals surface area contributed by atoms with E-state index in [0.29, 0.717) is 24.2 Å². The number of nitrogens with zero attached hydrogens (tertiary/aromatic N) is 6. The first-order chi connectivity index (χ1) is 14.9. The summed E-state index contributed by atoms with van der Waals surface area (Å²) in [6, 6.07) is 8.89. The number of benzene rings is 1. The van der Waals surface area contributed by atoms with Crippen molar-refractivity contribution in [2.75, 3.05) is 6.54 Å². The van der Waals surface area contributed by atoms with Gasteiger partial charge in [-0.25, -0.2) is 0 Å². The maximum absolute atomic E-state index is 13.4. The van der Waals surface area contributed by atoms with E-state index in [4.69, 9.17) is 4.74 Å². The first kappa shape index (κ1) is 19.5. The van der Waals surface area contributed by atoms with Crippen molar-refractivity contribution >= 4 is 5.91 Å². The fraction of sp³-hybridized carbons (Fsp3) is 0.350. The first-order valence-corrected chi connectivity index (χ1v) is 9.74. The summed E-state index contributed by atoms with van der Waals surface area (Å²) in [4.78, 5) is 16.5. The summed E-state index contributed by atoms with van der Waals surface area (Å²) < 4.78 is 43.9. The molecule has 1 aromatic carbocycles. The van der Waals surface area contributed by atoms with E-state index in [-0.39, 0.29) is 29.9 Å². The highest BCUT2D eigenvalue weighted by molar-refractivity contribution is 5.98. The topological polar surface area (TPSA) is 86.0 Å². The van der Waals surface area contributed by atoms with Gasteiger partial charge in [-0.1, -0.05) is 12.1 Å². The zero-order valence-corrected chi connectivity index (χ0v) is 16.1. The molecule has 31 heavy (non-hydrogen) atoms. The number of para-hydroxylation sites is 1. The van der Waals surface area contributed by atoms with Crippen LogP contribution in [0.1, 0.15) is 28.9 Å². The molecule has 3 heterocycles. The zero-order chi connectivity index (χ0) is 21.6. The molecule has 5 rings (SSSR count). The molecule has 11 heteroatoms. The number of carbonyl (C=O) groups is 1. The van der Waals surface area contributed by atoms with Gasteiger partial charge in [-0.05, 0) is 37.0 Å². The lowest BCUT2D eigenvalue weighted by molar-refractivity contribution is -0.141. The summed E-state index contributed by atoms with van der Waals surface area (Å²) in [5, 5.41) is 15.0. The van der Waals surface area contributed by atoms with Gasteiger partial charge in [0.05, 0.1) is 29.7 Å². The predicted molar refractivity (Wildman–Crippen MR) is 100 cm³/mol. The van der Waals surface area contributed by atoms with Crippen LogP contribution in [0.3, 0.4) is 0 Å². The third-order valence-corrected chi connectivity index (χ3v) is 5.66. The van der Waals surface area contributed by atoms with Gasteiger partial charge < -0.3 is 9.64 Å². The summed E-state index contributed by atoms with van der Waals surface area (Å²) >= 11 is 0. The molecule has 1 saturated carbocycles. The van der Waals surface area contributed by atoms with Gasteiger partial charge in [-0.3, -0.25) is 4.79 Å². The number of amides is 1. The molecule has 1 saturated heterocycles. The predicted octanol–water partition coefficient (Wildman–Crippen LogP) is 2.76. The average Bonchev–Trinajstić information content (AvgIpc) is 3.50. The molecule has 2 bridgehead atoms. The van der Waals surface area contributed by atoms with E-state index in [2.05, 4.69) is 20.4 Å². The second-order valence-electron chi connectivity index (χ2n) is 7.61. The van der Waals surface area contributed by atoms with Gasteiger partial charge in [0.1, 0.15) is 6.10 Å². The van der Waals surface area contributed by atoms with Crippen LogP contribution in [-0.4, -0.2) is 54.7 Å². The van der Waals surface area contributed by atoms with Crippen molar-refractivity contribution in [3.05, 3.63) is 60.0 Å². The number of carbonyl (C=O) groups excluding carboxylic acids is 1. The van der Waals surface area contributed by atoms with E-state index in [1.807, 2.05) is 0 Å². The van der Waals surface area contributed by atoms with Crippen molar-refractivity contribution < 1.29 is 22.7 Å². The number of halogens is 3. The molecular weight excluding hydrogens is 413 g/mol. The maximum atomic E-state index is 13.4. The van der Waals surface area contributed by atoms with Crippen molar-refractivity contribution in [1.82, 2.24) is 30.1 Å². The standard InChI is InChI=1S/C20H17F3N6O2/c21-20(22,23)17-5-6-18(27-26-17)31-16-10-12-9-15(16)28(11-12)19(30)13-3-1-2-4-14(13)29-24-7-8-25-29/h1-8,12,15-16H,9-11H2/t12-,15+,16-/m1/s1. The molecule has 2 aliphatic rings. The lowest BCUT2D eigenvalue weighted by atomic mass is 10.1.